The number of carbonyl (C=O) groups is 2. The molecule has 0 radical (unpaired) electrons. The summed E-state index contributed by atoms with van der Waals surface area (Å²) in [5, 5.41) is 9.87. The van der Waals surface area contributed by atoms with E-state index in [-0.39, 0.29) is 17.2 Å². The molecule has 1 amide bonds. The zero-order valence-electron chi connectivity index (χ0n) is 15.4. The van der Waals surface area contributed by atoms with Crippen LogP contribution in [0, 0.1) is 0 Å². The molecule has 2 aliphatic rings. The highest BCUT2D eigenvalue weighted by Gasteiger charge is 2.26. The lowest BCUT2D eigenvalue weighted by Gasteiger charge is -2.36. The van der Waals surface area contributed by atoms with E-state index in [1.165, 1.54) is 20.0 Å². The van der Waals surface area contributed by atoms with Crippen molar-refractivity contribution in [2.45, 2.75) is 51.1 Å². The molecule has 1 aromatic rings. The van der Waals surface area contributed by atoms with Gasteiger partial charge in [-0.25, -0.2) is 4.79 Å². The Bertz CT molecular complexity index is 661. The van der Waals surface area contributed by atoms with Crippen LogP contribution < -0.4 is 0 Å². The third-order valence-corrected chi connectivity index (χ3v) is 5.50. The normalized spacial score (nSPS) is 21.2. The van der Waals surface area contributed by atoms with E-state index in [2.05, 4.69) is 4.90 Å². The van der Waals surface area contributed by atoms with Crippen LogP contribution in [0.15, 0.2) is 18.2 Å². The number of hydrogen-bond acceptors (Lipinski definition) is 5. The molecule has 0 bridgehead atoms. The standard InChI is InChI=1S/C20H28N2O4/c1-26-20(25)17-13-15(7-8-18(17)23)14-22-10-3-2-5-16(22)9-12-21-11-4-6-19(21)24/h7-8,13,16,23H,2-6,9-12,14H2,1H3/t16-/m1/s1. The minimum atomic E-state index is -0.521. The molecule has 2 aliphatic heterocycles. The van der Waals surface area contributed by atoms with Crippen molar-refractivity contribution in [2.24, 2.45) is 0 Å². The molecule has 0 aromatic heterocycles. The van der Waals surface area contributed by atoms with E-state index >= 15 is 0 Å². The first kappa shape index (κ1) is 18.7. The summed E-state index contributed by atoms with van der Waals surface area (Å²) >= 11 is 0. The predicted molar refractivity (Wildman–Crippen MR) is 97.9 cm³/mol. The maximum Gasteiger partial charge on any atom is 0.341 e. The SMILES string of the molecule is COC(=O)c1cc(CN2CCCC[C@@H]2CCN2CCCC2=O)ccc1O. The van der Waals surface area contributed by atoms with Crippen LogP contribution in [-0.4, -0.2) is 59.6 Å². The highest BCUT2D eigenvalue weighted by molar-refractivity contribution is 5.92. The third-order valence-electron chi connectivity index (χ3n) is 5.50. The highest BCUT2D eigenvalue weighted by Crippen LogP contribution is 2.25. The average Bonchev–Trinajstić information content (AvgIpc) is 3.07. The number of phenolic OH excluding ortho intramolecular Hbond substituents is 1. The number of esters is 1. The monoisotopic (exact) mass is 360 g/mol. The van der Waals surface area contributed by atoms with Gasteiger partial charge in [-0.3, -0.25) is 9.69 Å². The minimum Gasteiger partial charge on any atom is -0.507 e. The Labute approximate surface area is 154 Å². The molecule has 6 heteroatoms. The number of carbonyl (C=O) groups excluding carboxylic acids is 2. The fraction of sp³-hybridized carbons (Fsp3) is 0.600. The molecule has 26 heavy (non-hydrogen) atoms. The Morgan fingerprint density at radius 1 is 1.27 bits per heavy atom. The fourth-order valence-corrected chi connectivity index (χ4v) is 4.03. The topological polar surface area (TPSA) is 70.1 Å². The summed E-state index contributed by atoms with van der Waals surface area (Å²) in [6, 6.07) is 5.59. The zero-order valence-corrected chi connectivity index (χ0v) is 15.4. The maximum atomic E-state index is 11.8. The van der Waals surface area contributed by atoms with Crippen LogP contribution in [0.4, 0.5) is 0 Å². The van der Waals surface area contributed by atoms with Crippen LogP contribution in [0.3, 0.4) is 0 Å². The summed E-state index contributed by atoms with van der Waals surface area (Å²) < 4.78 is 4.74. The van der Waals surface area contributed by atoms with Crippen molar-refractivity contribution in [3.63, 3.8) is 0 Å². The predicted octanol–water partition coefficient (Wildman–Crippen LogP) is 2.55. The molecule has 1 N–H and O–H groups in total. The summed E-state index contributed by atoms with van der Waals surface area (Å²) in [7, 11) is 1.31. The van der Waals surface area contributed by atoms with E-state index in [0.29, 0.717) is 12.5 Å². The molecular weight excluding hydrogens is 332 g/mol. The summed E-state index contributed by atoms with van der Waals surface area (Å²) in [5.41, 5.74) is 1.20. The summed E-state index contributed by atoms with van der Waals surface area (Å²) in [6.45, 7) is 3.49. The van der Waals surface area contributed by atoms with Crippen molar-refractivity contribution < 1.29 is 19.4 Å². The number of amides is 1. The first-order valence-corrected chi connectivity index (χ1v) is 9.50. The number of ether oxygens (including phenoxy) is 1. The van der Waals surface area contributed by atoms with Gasteiger partial charge in [-0.15, -0.1) is 0 Å². The largest absolute Gasteiger partial charge is 0.507 e. The summed E-state index contributed by atoms with van der Waals surface area (Å²) in [4.78, 5) is 28.0. The van der Waals surface area contributed by atoms with Crippen LogP contribution in [0.2, 0.25) is 0 Å². The molecule has 2 fully saturated rings. The lowest BCUT2D eigenvalue weighted by Crippen LogP contribution is -2.41. The van der Waals surface area contributed by atoms with Crippen LogP contribution >= 0.6 is 0 Å². The lowest BCUT2D eigenvalue weighted by atomic mass is 9.98. The molecule has 0 saturated carbocycles. The van der Waals surface area contributed by atoms with Gasteiger partial charge < -0.3 is 14.7 Å². The molecule has 3 rings (SSSR count). The molecule has 142 valence electrons. The number of hydrogen-bond donors (Lipinski definition) is 1. The van der Waals surface area contributed by atoms with E-state index in [9.17, 15) is 14.7 Å². The quantitative estimate of drug-likeness (QED) is 0.790. The summed E-state index contributed by atoms with van der Waals surface area (Å²) in [5.74, 6) is -0.288. The van der Waals surface area contributed by atoms with Crippen molar-refractivity contribution in [1.82, 2.24) is 9.80 Å². The highest BCUT2D eigenvalue weighted by atomic mass is 16.5. The third kappa shape index (κ3) is 4.36. The van der Waals surface area contributed by atoms with E-state index in [4.69, 9.17) is 4.74 Å². The van der Waals surface area contributed by atoms with E-state index in [1.807, 2.05) is 11.0 Å². The molecule has 0 unspecified atom stereocenters. The number of nitrogens with zero attached hydrogens (tertiary/aromatic N) is 2. The van der Waals surface area contributed by atoms with Gasteiger partial charge in [0.25, 0.3) is 0 Å². The first-order valence-electron chi connectivity index (χ1n) is 9.50. The number of benzene rings is 1. The average molecular weight is 360 g/mol. The lowest BCUT2D eigenvalue weighted by molar-refractivity contribution is -0.127. The Morgan fingerprint density at radius 3 is 2.85 bits per heavy atom. The van der Waals surface area contributed by atoms with Crippen molar-refractivity contribution in [1.29, 1.82) is 0 Å². The van der Waals surface area contributed by atoms with Gasteiger partial charge in [0.2, 0.25) is 5.91 Å². The Balaban J connectivity index is 1.64. The van der Waals surface area contributed by atoms with Crippen LogP contribution in [0.25, 0.3) is 0 Å². The molecule has 6 nitrogen and oxygen atoms in total. The smallest absolute Gasteiger partial charge is 0.341 e. The van der Waals surface area contributed by atoms with Gasteiger partial charge in [-0.2, -0.15) is 0 Å². The van der Waals surface area contributed by atoms with E-state index < -0.39 is 5.97 Å². The molecule has 0 spiro atoms. The number of phenols is 1. The van der Waals surface area contributed by atoms with Gasteiger partial charge in [0, 0.05) is 32.1 Å². The van der Waals surface area contributed by atoms with Gasteiger partial charge in [0.05, 0.1) is 7.11 Å². The molecule has 1 atom stereocenters. The maximum absolute atomic E-state index is 11.8. The van der Waals surface area contributed by atoms with Gasteiger partial charge in [0.1, 0.15) is 11.3 Å². The Hall–Kier alpha value is -2.08. The second-order valence-electron chi connectivity index (χ2n) is 7.24. The van der Waals surface area contributed by atoms with Crippen LogP contribution in [0.5, 0.6) is 5.75 Å². The van der Waals surface area contributed by atoms with E-state index in [0.717, 1.165) is 51.0 Å². The number of likely N-dealkylation sites (tertiary alicyclic amines) is 2. The van der Waals surface area contributed by atoms with Crippen LogP contribution in [0.1, 0.15) is 54.4 Å². The minimum absolute atomic E-state index is 0.0525. The second kappa shape index (κ2) is 8.54. The first-order chi connectivity index (χ1) is 12.6. The zero-order chi connectivity index (χ0) is 18.5. The second-order valence-corrected chi connectivity index (χ2v) is 7.24. The van der Waals surface area contributed by atoms with Crippen molar-refractivity contribution in [3.8, 4) is 5.75 Å². The molecule has 0 aliphatic carbocycles. The molecule has 2 heterocycles. The molecule has 1 aromatic carbocycles. The fourth-order valence-electron chi connectivity index (χ4n) is 4.03. The van der Waals surface area contributed by atoms with E-state index in [1.54, 1.807) is 12.1 Å². The summed E-state index contributed by atoms with van der Waals surface area (Å²) in [6.07, 6.45) is 6.20. The number of methoxy groups -OCH3 is 1. The van der Waals surface area contributed by atoms with Crippen LogP contribution in [-0.2, 0) is 16.1 Å². The van der Waals surface area contributed by atoms with Crippen molar-refractivity contribution >= 4 is 11.9 Å². The van der Waals surface area contributed by atoms with Gasteiger partial charge in [-0.1, -0.05) is 12.5 Å². The molecular formula is C20H28N2O4. The Morgan fingerprint density at radius 2 is 2.12 bits per heavy atom. The number of aromatic hydroxyl groups is 1. The Kier molecular flexibility index (Phi) is 6.14. The van der Waals surface area contributed by atoms with Gasteiger partial charge >= 0.3 is 5.97 Å². The van der Waals surface area contributed by atoms with Gasteiger partial charge in [0.15, 0.2) is 0 Å². The number of piperidine rings is 1. The van der Waals surface area contributed by atoms with Gasteiger partial charge in [-0.05, 0) is 49.9 Å². The van der Waals surface area contributed by atoms with Crippen molar-refractivity contribution in [2.75, 3.05) is 26.7 Å². The number of rotatable bonds is 6. The molecule has 2 saturated heterocycles. The van der Waals surface area contributed by atoms with Crippen molar-refractivity contribution in [3.05, 3.63) is 29.3 Å².